The van der Waals surface area contributed by atoms with Crippen molar-refractivity contribution >= 4 is 29.4 Å². The fourth-order valence-corrected chi connectivity index (χ4v) is 8.62. The number of ketones is 2. The second-order valence-corrected chi connectivity index (χ2v) is 22.6. The van der Waals surface area contributed by atoms with Crippen LogP contribution in [0.5, 0.6) is 0 Å². The van der Waals surface area contributed by atoms with E-state index in [0.717, 1.165) is 0 Å². The summed E-state index contributed by atoms with van der Waals surface area (Å²) in [7, 11) is 1.63. The average Bonchev–Trinajstić information content (AvgIpc) is 3.58. The summed E-state index contributed by atoms with van der Waals surface area (Å²) in [4.78, 5) is 65.0. The van der Waals surface area contributed by atoms with E-state index in [2.05, 4.69) is 15.6 Å². The van der Waals surface area contributed by atoms with Crippen molar-refractivity contribution in [3.63, 3.8) is 0 Å². The maximum absolute atomic E-state index is 13.7. The Labute approximate surface area is 518 Å². The van der Waals surface area contributed by atoms with Crippen molar-refractivity contribution in [3.8, 4) is 0 Å². The molecule has 27 nitrogen and oxygen atoms in total. The first-order valence-electron chi connectivity index (χ1n) is 30.5. The normalized spacial score (nSPS) is 18.1. The van der Waals surface area contributed by atoms with Gasteiger partial charge < -0.3 is 92.1 Å². The van der Waals surface area contributed by atoms with E-state index in [4.69, 9.17) is 66.3 Å². The molecule has 0 saturated carbocycles. The van der Waals surface area contributed by atoms with Gasteiger partial charge in [0.15, 0.2) is 11.9 Å². The molecule has 0 radical (unpaired) electrons. The fourth-order valence-electron chi connectivity index (χ4n) is 8.62. The van der Waals surface area contributed by atoms with Crippen molar-refractivity contribution < 1.29 is 111 Å². The molecule has 2 heterocycles. The molecule has 0 unspecified atom stereocenters. The number of carboxylic acid groups (broad SMARTS) is 1. The van der Waals surface area contributed by atoms with E-state index in [-0.39, 0.29) is 62.1 Å². The number of aliphatic hydroxyl groups excluding tert-OH is 3. The van der Waals surface area contributed by atoms with E-state index in [1.807, 2.05) is 20.8 Å². The number of hydrogen-bond donors (Lipinski definition) is 5. The van der Waals surface area contributed by atoms with E-state index in [9.17, 15) is 44.4 Å². The van der Waals surface area contributed by atoms with Gasteiger partial charge in [0.25, 0.3) is 0 Å². The second kappa shape index (κ2) is 45.7. The van der Waals surface area contributed by atoms with Crippen LogP contribution in [0.4, 0.5) is 0 Å². The molecule has 1 saturated heterocycles. The minimum Gasteiger partial charge on any atom is -0.479 e. The van der Waals surface area contributed by atoms with E-state index >= 15 is 0 Å². The zero-order valence-corrected chi connectivity index (χ0v) is 53.1. The molecule has 88 heavy (non-hydrogen) atoms. The van der Waals surface area contributed by atoms with Crippen LogP contribution in [0.25, 0.3) is 0 Å². The van der Waals surface area contributed by atoms with Crippen LogP contribution in [0.15, 0.2) is 24.4 Å². The number of benzene rings is 1. The fraction of sp³-hybridized carbons (Fsp3) is 0.787. The first-order valence-corrected chi connectivity index (χ1v) is 30.5. The lowest BCUT2D eigenvalue weighted by molar-refractivity contribution is -0.228. The Kier molecular flexibility index (Phi) is 40.3. The molecule has 1 aliphatic rings. The van der Waals surface area contributed by atoms with E-state index in [1.54, 1.807) is 63.9 Å². The number of aryl methyl sites for hydroxylation is 1. The van der Waals surface area contributed by atoms with Crippen LogP contribution < -0.4 is 5.32 Å². The first-order chi connectivity index (χ1) is 42.2. The van der Waals surface area contributed by atoms with Crippen LogP contribution in [-0.2, 0) is 116 Å². The van der Waals surface area contributed by atoms with Gasteiger partial charge in [-0.2, -0.15) is 0 Å². The number of aromatic nitrogens is 3. The maximum atomic E-state index is 13.7. The highest BCUT2D eigenvalue weighted by Crippen LogP contribution is 2.28. The largest absolute Gasteiger partial charge is 0.479 e. The number of nitrogens with one attached hydrogen (secondary N) is 1. The van der Waals surface area contributed by atoms with Gasteiger partial charge in [-0.25, -0.2) is 9.48 Å². The van der Waals surface area contributed by atoms with Gasteiger partial charge in [0.1, 0.15) is 30.7 Å². The van der Waals surface area contributed by atoms with Gasteiger partial charge >= 0.3 is 11.9 Å². The molecule has 27 heteroatoms. The summed E-state index contributed by atoms with van der Waals surface area (Å²) in [6.07, 6.45) is -6.18. The number of Topliss-reactive ketones (excluding diaryl/α,β-unsaturated/α-hetero) is 2. The van der Waals surface area contributed by atoms with Gasteiger partial charge in [0.2, 0.25) is 5.91 Å². The van der Waals surface area contributed by atoms with Gasteiger partial charge in [-0.1, -0.05) is 44.2 Å². The number of methoxy groups -OCH3 is 1. The van der Waals surface area contributed by atoms with Gasteiger partial charge in [-0.3, -0.25) is 19.2 Å². The third-order valence-electron chi connectivity index (χ3n) is 13.9. The molecular weight excluding hydrogens is 1160 g/mol. The summed E-state index contributed by atoms with van der Waals surface area (Å²) < 4.78 is 78.2. The molecule has 1 aromatic heterocycles. The maximum Gasteiger partial charge on any atom is 0.335 e. The van der Waals surface area contributed by atoms with E-state index in [0.29, 0.717) is 181 Å². The zero-order valence-electron chi connectivity index (χ0n) is 53.1. The number of carboxylic acids is 1. The number of rotatable bonds is 53. The first kappa shape index (κ1) is 77.7. The number of aliphatic hydroxyl groups is 3. The predicted octanol–water partition coefficient (Wildman–Crippen LogP) is 2.11. The smallest absolute Gasteiger partial charge is 0.335 e. The standard InChI is InChI=1S/C61H102N4O23/c1-43(2)50(58(71)62-45(4)52(67)39-46-9-10-48(42-87-60(74)61(5,6)7)47(38-46)11-12-53-54(68)55(69)56(70)57(88-53)59(72)73)40-49(66)37-44(3)51-41-65(64-63-51)13-14-76-17-18-78-21-22-80-25-26-82-29-30-84-33-34-86-36-35-85-32-31-83-28-27-81-24-23-79-20-19-77-16-15-75-8/h9-10,38,41,43-45,50,53-57,68-70H,11-37,39-40,42H2,1-8H3,(H,62,71)(H,72,73)/t44-,45+,50+,53+,54+,55-,56+,57+/m1/s1. The van der Waals surface area contributed by atoms with Gasteiger partial charge in [0.05, 0.1) is 182 Å². The molecule has 5 N–H and O–H groups in total. The summed E-state index contributed by atoms with van der Waals surface area (Å²) in [5, 5.41) is 51.9. The highest BCUT2D eigenvalue weighted by Gasteiger charge is 2.46. The molecular formula is C61H102N4O23. The Bertz CT molecular complexity index is 2230. The number of nitrogens with zero attached hydrogens (tertiary/aromatic N) is 3. The van der Waals surface area contributed by atoms with Crippen LogP contribution in [0.3, 0.4) is 0 Å². The van der Waals surface area contributed by atoms with Crippen LogP contribution in [-0.4, -0.2) is 260 Å². The van der Waals surface area contributed by atoms with E-state index < -0.39 is 65.7 Å². The van der Waals surface area contributed by atoms with Gasteiger partial charge in [-0.05, 0) is 63.1 Å². The highest BCUT2D eigenvalue weighted by molar-refractivity contribution is 5.92. The van der Waals surface area contributed by atoms with Crippen LogP contribution in [0.2, 0.25) is 0 Å². The quantitative estimate of drug-likeness (QED) is 0.0468. The van der Waals surface area contributed by atoms with Crippen molar-refractivity contribution in [2.24, 2.45) is 17.3 Å². The number of esters is 1. The molecule has 1 aromatic carbocycles. The van der Waals surface area contributed by atoms with E-state index in [1.165, 1.54) is 0 Å². The third-order valence-corrected chi connectivity index (χ3v) is 13.9. The number of ether oxygens (including phenoxy) is 14. The Hall–Kier alpha value is -4.53. The summed E-state index contributed by atoms with van der Waals surface area (Å²) in [6.45, 7) is 23.3. The van der Waals surface area contributed by atoms with Crippen molar-refractivity contribution in [3.05, 3.63) is 46.8 Å². The topological polar surface area (TPSA) is 338 Å². The molecule has 1 aliphatic heterocycles. The number of carbonyl (C=O) groups excluding carboxylic acids is 4. The Balaban J connectivity index is 1.22. The molecule has 3 rings (SSSR count). The summed E-state index contributed by atoms with van der Waals surface area (Å²) in [5.74, 6) is -4.03. The SMILES string of the molecule is COCCOCCOCCOCCOCCOCCOCCOCCOCCOCCOCCOCCn1cc([C@H](C)CC(=O)C[C@H](C(=O)N[C@@H](C)C(=O)Cc2ccc(COC(=O)C(C)(C)C)c(CC[C@@H]3O[C@H](C(=O)O)[C@@H](O)[C@H](O)[C@H]3O)c2)C(C)C)nn1. The number of amides is 1. The molecule has 1 amide bonds. The number of carbonyl (C=O) groups is 5. The van der Waals surface area contributed by atoms with Crippen LogP contribution in [0.1, 0.15) is 96.0 Å². The van der Waals surface area contributed by atoms with Gasteiger partial charge in [0, 0.05) is 44.4 Å². The third kappa shape index (κ3) is 33.0. The minimum atomic E-state index is -1.84. The molecule has 8 atom stereocenters. The summed E-state index contributed by atoms with van der Waals surface area (Å²) in [6, 6.07) is 4.21. The van der Waals surface area contributed by atoms with Crippen LogP contribution >= 0.6 is 0 Å². The predicted molar refractivity (Wildman–Crippen MR) is 317 cm³/mol. The highest BCUT2D eigenvalue weighted by atomic mass is 16.6. The monoisotopic (exact) mass is 1260 g/mol. The lowest BCUT2D eigenvalue weighted by Crippen LogP contribution is -2.59. The van der Waals surface area contributed by atoms with Crippen molar-refractivity contribution in [2.45, 2.75) is 136 Å². The molecule has 0 aliphatic carbocycles. The van der Waals surface area contributed by atoms with Crippen molar-refractivity contribution in [1.29, 1.82) is 0 Å². The summed E-state index contributed by atoms with van der Waals surface area (Å²) >= 11 is 0. The van der Waals surface area contributed by atoms with Crippen molar-refractivity contribution in [1.82, 2.24) is 20.3 Å². The number of hydrogen-bond acceptors (Lipinski definition) is 24. The Morgan fingerprint density at radius 3 is 1.53 bits per heavy atom. The van der Waals surface area contributed by atoms with Gasteiger partial charge in [-0.15, -0.1) is 5.10 Å². The minimum absolute atomic E-state index is 0.0125. The summed E-state index contributed by atoms with van der Waals surface area (Å²) in [5.41, 5.74) is 1.61. The van der Waals surface area contributed by atoms with Crippen LogP contribution in [0, 0.1) is 17.3 Å². The zero-order chi connectivity index (χ0) is 64.5. The molecule has 0 spiro atoms. The Morgan fingerprint density at radius 1 is 0.625 bits per heavy atom. The molecule has 1 fully saturated rings. The number of aliphatic carboxylic acids is 1. The lowest BCUT2D eigenvalue weighted by Gasteiger charge is -2.39. The lowest BCUT2D eigenvalue weighted by atomic mass is 9.87. The van der Waals surface area contributed by atoms with Crippen molar-refractivity contribution in [2.75, 3.05) is 159 Å². The second-order valence-electron chi connectivity index (χ2n) is 22.6. The molecule has 2 aromatic rings. The Morgan fingerprint density at radius 2 is 1.09 bits per heavy atom. The average molecular weight is 1260 g/mol. The molecule has 504 valence electrons. The molecule has 0 bridgehead atoms.